The second-order valence-electron chi connectivity index (χ2n) is 10.4. The third kappa shape index (κ3) is 6.92. The Kier molecular flexibility index (Phi) is 9.73. The number of piperazine rings is 1. The highest BCUT2D eigenvalue weighted by Crippen LogP contribution is 2.32. The number of pyridine rings is 1. The van der Waals surface area contributed by atoms with Gasteiger partial charge in [-0.25, -0.2) is 4.39 Å². The average Bonchev–Trinajstić information content (AvgIpc) is 2.99. The molecule has 0 amide bonds. The SMILES string of the molecule is C=C(C(C)C)N1CCN(Cc2ccc(-c3ccc4nccc(Nc5ccc(N)c(C=N)c5)c4c3)c(F)c2)CC1.CC. The lowest BCUT2D eigenvalue weighted by Gasteiger charge is -2.38. The summed E-state index contributed by atoms with van der Waals surface area (Å²) in [6, 6.07) is 18.7. The van der Waals surface area contributed by atoms with E-state index in [1.165, 1.54) is 11.9 Å². The summed E-state index contributed by atoms with van der Waals surface area (Å²) in [6.45, 7) is 17.1. The standard InChI is InChI=1S/C32H35FN6.C2H6/c1-21(2)22(3)39-14-12-38(13-15-39)20-23-4-7-27(29(33)16-23)24-5-9-31-28(18-24)32(10-11-36-31)37-26-6-8-30(35)25(17-26)19-34;1-2/h4-11,16-19,21,34H,3,12-15,20,35H2,1-2H3,(H,36,37);1-2H3. The first-order chi connectivity index (χ1) is 19.8. The molecule has 6 nitrogen and oxygen atoms in total. The van der Waals surface area contributed by atoms with Gasteiger partial charge < -0.3 is 21.4 Å². The van der Waals surface area contributed by atoms with Crippen LogP contribution in [0.2, 0.25) is 0 Å². The van der Waals surface area contributed by atoms with Crippen molar-refractivity contribution >= 4 is 34.2 Å². The first kappa shape index (κ1) is 29.7. The molecule has 1 saturated heterocycles. The third-order valence-electron chi connectivity index (χ3n) is 7.46. The number of hydrogen-bond donors (Lipinski definition) is 3. The first-order valence-corrected chi connectivity index (χ1v) is 14.3. The Hall–Kier alpha value is -4.23. The minimum absolute atomic E-state index is 0.230. The Morgan fingerprint density at radius 2 is 1.80 bits per heavy atom. The molecular formula is C34H41FN6. The lowest BCUT2D eigenvalue weighted by atomic mass is 10.00. The van der Waals surface area contributed by atoms with Crippen LogP contribution in [0.15, 0.2) is 79.1 Å². The maximum Gasteiger partial charge on any atom is 0.131 e. The molecule has 0 spiro atoms. The lowest BCUT2D eigenvalue weighted by molar-refractivity contribution is 0.145. The van der Waals surface area contributed by atoms with Gasteiger partial charge in [0.2, 0.25) is 0 Å². The lowest BCUT2D eigenvalue weighted by Crippen LogP contribution is -2.45. The van der Waals surface area contributed by atoms with Crippen molar-refractivity contribution in [1.29, 1.82) is 5.41 Å². The van der Waals surface area contributed by atoms with Gasteiger partial charge in [-0.3, -0.25) is 9.88 Å². The Labute approximate surface area is 243 Å². The van der Waals surface area contributed by atoms with E-state index in [0.717, 1.165) is 66.1 Å². The van der Waals surface area contributed by atoms with Gasteiger partial charge >= 0.3 is 0 Å². The number of nitrogens with zero attached hydrogens (tertiary/aromatic N) is 3. The topological polar surface area (TPSA) is 81.3 Å². The minimum atomic E-state index is -0.230. The van der Waals surface area contributed by atoms with Crippen LogP contribution in [0.4, 0.5) is 21.5 Å². The molecule has 4 aromatic rings. The number of halogens is 1. The molecule has 7 heteroatoms. The molecule has 0 unspecified atom stereocenters. The fraction of sp³-hybridized carbons (Fsp3) is 0.294. The number of nitrogens with one attached hydrogen (secondary N) is 2. The van der Waals surface area contributed by atoms with Crippen molar-refractivity contribution in [3.63, 3.8) is 0 Å². The zero-order valence-electron chi connectivity index (χ0n) is 24.5. The number of hydrogen-bond acceptors (Lipinski definition) is 6. The van der Waals surface area contributed by atoms with Gasteiger partial charge in [-0.2, -0.15) is 0 Å². The Balaban J connectivity index is 0.00000189. The fourth-order valence-electron chi connectivity index (χ4n) is 5.06. The summed E-state index contributed by atoms with van der Waals surface area (Å²) in [5.74, 6) is 0.222. The molecule has 1 aliphatic rings. The number of rotatable bonds is 8. The van der Waals surface area contributed by atoms with Crippen LogP contribution in [0, 0.1) is 17.1 Å². The number of benzene rings is 3. The predicted molar refractivity (Wildman–Crippen MR) is 171 cm³/mol. The number of fused-ring (bicyclic) bond motifs is 1. The maximum atomic E-state index is 15.4. The number of aromatic nitrogens is 1. The molecule has 214 valence electrons. The van der Waals surface area contributed by atoms with Crippen molar-refractivity contribution in [3.8, 4) is 11.1 Å². The summed E-state index contributed by atoms with van der Waals surface area (Å²) in [6.07, 6.45) is 2.98. The zero-order valence-corrected chi connectivity index (χ0v) is 24.5. The molecule has 3 aromatic carbocycles. The average molecular weight is 553 g/mol. The quantitative estimate of drug-likeness (QED) is 0.154. The second kappa shape index (κ2) is 13.4. The molecule has 5 rings (SSSR count). The minimum Gasteiger partial charge on any atom is -0.398 e. The van der Waals surface area contributed by atoms with E-state index in [2.05, 4.69) is 40.5 Å². The van der Waals surface area contributed by atoms with Crippen LogP contribution in [0.25, 0.3) is 22.0 Å². The Morgan fingerprint density at radius 3 is 2.49 bits per heavy atom. The molecular weight excluding hydrogens is 511 g/mol. The van der Waals surface area contributed by atoms with Crippen LogP contribution in [0.5, 0.6) is 0 Å². The van der Waals surface area contributed by atoms with Gasteiger partial charge in [-0.15, -0.1) is 0 Å². The van der Waals surface area contributed by atoms with Crippen LogP contribution in [-0.4, -0.2) is 47.2 Å². The van der Waals surface area contributed by atoms with Gasteiger partial charge in [0.1, 0.15) is 5.82 Å². The highest BCUT2D eigenvalue weighted by molar-refractivity contribution is 5.96. The zero-order chi connectivity index (χ0) is 29.5. The van der Waals surface area contributed by atoms with E-state index in [4.69, 9.17) is 11.1 Å². The van der Waals surface area contributed by atoms with E-state index < -0.39 is 0 Å². The van der Waals surface area contributed by atoms with Crippen molar-refractivity contribution in [2.45, 2.75) is 34.2 Å². The third-order valence-corrected chi connectivity index (χ3v) is 7.46. The maximum absolute atomic E-state index is 15.4. The summed E-state index contributed by atoms with van der Waals surface area (Å²) < 4.78 is 15.4. The second-order valence-corrected chi connectivity index (χ2v) is 10.4. The van der Waals surface area contributed by atoms with Crippen LogP contribution >= 0.6 is 0 Å². The van der Waals surface area contributed by atoms with Crippen LogP contribution < -0.4 is 11.1 Å². The fourth-order valence-corrected chi connectivity index (χ4v) is 5.06. The largest absolute Gasteiger partial charge is 0.398 e. The normalized spacial score (nSPS) is 13.6. The van der Waals surface area contributed by atoms with E-state index in [0.29, 0.717) is 22.7 Å². The molecule has 1 aliphatic heterocycles. The van der Waals surface area contributed by atoms with Crippen LogP contribution in [-0.2, 0) is 6.54 Å². The molecule has 0 aliphatic carbocycles. The number of nitrogens with two attached hydrogens (primary N) is 1. The monoisotopic (exact) mass is 552 g/mol. The summed E-state index contributed by atoms with van der Waals surface area (Å²) in [4.78, 5) is 9.23. The number of anilines is 3. The van der Waals surface area contributed by atoms with E-state index in [-0.39, 0.29) is 5.82 Å². The molecule has 0 bridgehead atoms. The van der Waals surface area contributed by atoms with E-state index in [1.54, 1.807) is 18.3 Å². The number of nitrogen functional groups attached to an aromatic ring is 1. The summed E-state index contributed by atoms with van der Waals surface area (Å²) in [5, 5.41) is 11.9. The Bertz CT molecular complexity index is 1520. The molecule has 2 heterocycles. The predicted octanol–water partition coefficient (Wildman–Crippen LogP) is 7.68. The van der Waals surface area contributed by atoms with Gasteiger partial charge in [0, 0.05) is 84.4 Å². The molecule has 0 saturated carbocycles. The first-order valence-electron chi connectivity index (χ1n) is 14.3. The van der Waals surface area contributed by atoms with E-state index in [9.17, 15) is 0 Å². The van der Waals surface area contributed by atoms with Gasteiger partial charge in [0.25, 0.3) is 0 Å². The highest BCUT2D eigenvalue weighted by Gasteiger charge is 2.20. The van der Waals surface area contributed by atoms with Crippen molar-refractivity contribution < 1.29 is 4.39 Å². The highest BCUT2D eigenvalue weighted by atomic mass is 19.1. The van der Waals surface area contributed by atoms with Crippen molar-refractivity contribution in [2.75, 3.05) is 37.2 Å². The van der Waals surface area contributed by atoms with Crippen LogP contribution in [0.1, 0.15) is 38.8 Å². The van der Waals surface area contributed by atoms with E-state index >= 15 is 4.39 Å². The van der Waals surface area contributed by atoms with Crippen molar-refractivity contribution in [3.05, 3.63) is 96.1 Å². The summed E-state index contributed by atoms with van der Waals surface area (Å²) in [7, 11) is 0. The smallest absolute Gasteiger partial charge is 0.131 e. The molecule has 0 atom stereocenters. The van der Waals surface area contributed by atoms with Gasteiger partial charge in [-0.1, -0.05) is 52.5 Å². The Morgan fingerprint density at radius 1 is 1.05 bits per heavy atom. The van der Waals surface area contributed by atoms with Crippen molar-refractivity contribution in [2.24, 2.45) is 5.92 Å². The summed E-state index contributed by atoms with van der Waals surface area (Å²) in [5.41, 5.74) is 13.1. The molecule has 41 heavy (non-hydrogen) atoms. The van der Waals surface area contributed by atoms with Gasteiger partial charge in [0.05, 0.1) is 5.52 Å². The molecule has 4 N–H and O–H groups in total. The molecule has 1 fully saturated rings. The summed E-state index contributed by atoms with van der Waals surface area (Å²) >= 11 is 0. The van der Waals surface area contributed by atoms with Gasteiger partial charge in [-0.05, 0) is 59.5 Å². The van der Waals surface area contributed by atoms with E-state index in [1.807, 2.05) is 62.4 Å². The van der Waals surface area contributed by atoms with Crippen LogP contribution in [0.3, 0.4) is 0 Å². The molecule has 0 radical (unpaired) electrons. The van der Waals surface area contributed by atoms with Gasteiger partial charge in [0.15, 0.2) is 0 Å². The molecule has 1 aromatic heterocycles. The van der Waals surface area contributed by atoms with Crippen molar-refractivity contribution in [1.82, 2.24) is 14.8 Å². The number of allylic oxidation sites excluding steroid dienone is 1.